The van der Waals surface area contributed by atoms with Gasteiger partial charge < -0.3 is 5.32 Å². The molecule has 0 aromatic heterocycles. The Kier molecular flexibility index (Phi) is 5.54. The van der Waals surface area contributed by atoms with E-state index < -0.39 is 9.84 Å². The summed E-state index contributed by atoms with van der Waals surface area (Å²) in [4.78, 5) is 13.9. The first-order chi connectivity index (χ1) is 14.3. The Morgan fingerprint density at radius 2 is 1.63 bits per heavy atom. The van der Waals surface area contributed by atoms with E-state index in [4.69, 9.17) is 0 Å². The van der Waals surface area contributed by atoms with Crippen LogP contribution in [0.2, 0.25) is 0 Å². The van der Waals surface area contributed by atoms with Crippen molar-refractivity contribution < 1.29 is 13.2 Å². The summed E-state index contributed by atoms with van der Waals surface area (Å²) in [5, 5.41) is 2.85. The maximum Gasteiger partial charge on any atom is 0.262 e. The van der Waals surface area contributed by atoms with Crippen LogP contribution in [0.3, 0.4) is 0 Å². The first kappa shape index (κ1) is 20.4. The molecular formula is C24H21NO3S2. The minimum atomic E-state index is -3.53. The maximum atomic E-state index is 13.1. The molecule has 1 aliphatic heterocycles. The molecule has 0 fully saturated rings. The molecule has 0 bridgehead atoms. The highest BCUT2D eigenvalue weighted by molar-refractivity contribution is 8.04. The van der Waals surface area contributed by atoms with Gasteiger partial charge in [0.1, 0.15) is 0 Å². The molecule has 1 amide bonds. The van der Waals surface area contributed by atoms with Crippen LogP contribution in [0.5, 0.6) is 0 Å². The summed E-state index contributed by atoms with van der Waals surface area (Å²) in [5.41, 5.74) is 4.30. The largest absolute Gasteiger partial charge is 0.320 e. The lowest BCUT2D eigenvalue weighted by Gasteiger charge is -2.20. The first-order valence-corrected chi connectivity index (χ1v) is 12.0. The van der Waals surface area contributed by atoms with Gasteiger partial charge in [-0.3, -0.25) is 4.79 Å². The fraction of sp³-hybridized carbons (Fsp3) is 0.125. The smallest absolute Gasteiger partial charge is 0.262 e. The van der Waals surface area contributed by atoms with Crippen LogP contribution >= 0.6 is 11.8 Å². The molecule has 6 heteroatoms. The lowest BCUT2D eigenvalue weighted by Crippen LogP contribution is -2.17. The Morgan fingerprint density at radius 3 is 2.33 bits per heavy atom. The van der Waals surface area contributed by atoms with Crippen molar-refractivity contribution in [1.29, 1.82) is 0 Å². The minimum Gasteiger partial charge on any atom is -0.320 e. The number of thioether (sulfide) groups is 1. The van der Waals surface area contributed by atoms with Gasteiger partial charge in [0, 0.05) is 4.90 Å². The molecule has 0 saturated heterocycles. The van der Waals surface area contributed by atoms with Crippen molar-refractivity contribution >= 4 is 39.3 Å². The second kappa shape index (κ2) is 8.13. The van der Waals surface area contributed by atoms with E-state index in [1.54, 1.807) is 24.3 Å². The molecule has 0 spiro atoms. The van der Waals surface area contributed by atoms with E-state index >= 15 is 0 Å². The van der Waals surface area contributed by atoms with Crippen molar-refractivity contribution in [1.82, 2.24) is 0 Å². The van der Waals surface area contributed by atoms with E-state index in [2.05, 4.69) is 5.32 Å². The molecule has 4 rings (SSSR count). The van der Waals surface area contributed by atoms with Gasteiger partial charge in [-0.1, -0.05) is 60.3 Å². The lowest BCUT2D eigenvalue weighted by atomic mass is 10.1. The molecule has 1 N–H and O–H groups in total. The average Bonchev–Trinajstić information content (AvgIpc) is 2.72. The van der Waals surface area contributed by atoms with Crippen LogP contribution < -0.4 is 5.32 Å². The van der Waals surface area contributed by atoms with Gasteiger partial charge in [0.2, 0.25) is 0 Å². The SMILES string of the molecule is Cc1cccc(C)c1CS(=O)(=O)c1ccc2c(c1)SC(=Cc1ccccc1)C(=O)N2. The summed E-state index contributed by atoms with van der Waals surface area (Å²) in [6.07, 6.45) is 1.81. The highest BCUT2D eigenvalue weighted by atomic mass is 32.2. The summed E-state index contributed by atoms with van der Waals surface area (Å²) in [5.74, 6) is -0.240. The van der Waals surface area contributed by atoms with Crippen LogP contribution in [-0.4, -0.2) is 14.3 Å². The number of carbonyl (C=O) groups is 1. The van der Waals surface area contributed by atoms with Crippen molar-refractivity contribution in [3.63, 3.8) is 0 Å². The third-order valence-corrected chi connectivity index (χ3v) is 7.80. The van der Waals surface area contributed by atoms with Gasteiger partial charge in [-0.25, -0.2) is 8.42 Å². The zero-order chi connectivity index (χ0) is 21.3. The average molecular weight is 436 g/mol. The second-order valence-corrected chi connectivity index (χ2v) is 10.3. The number of nitrogens with one attached hydrogen (secondary N) is 1. The van der Waals surface area contributed by atoms with E-state index in [0.29, 0.717) is 10.6 Å². The van der Waals surface area contributed by atoms with Crippen molar-refractivity contribution in [2.24, 2.45) is 0 Å². The predicted octanol–water partition coefficient (Wildman–Crippen LogP) is 5.36. The molecule has 1 aliphatic rings. The number of aryl methyl sites for hydroxylation is 2. The molecule has 0 radical (unpaired) electrons. The van der Waals surface area contributed by atoms with E-state index in [-0.39, 0.29) is 16.6 Å². The molecule has 152 valence electrons. The summed E-state index contributed by atoms with van der Waals surface area (Å²) >= 11 is 1.29. The molecular weight excluding hydrogens is 414 g/mol. The van der Waals surface area contributed by atoms with Gasteiger partial charge in [0.25, 0.3) is 5.91 Å². The number of benzene rings is 3. The van der Waals surface area contributed by atoms with Crippen LogP contribution in [0.15, 0.2) is 81.4 Å². The highest BCUT2D eigenvalue weighted by Crippen LogP contribution is 2.40. The first-order valence-electron chi connectivity index (χ1n) is 9.51. The number of hydrogen-bond acceptors (Lipinski definition) is 4. The zero-order valence-corrected chi connectivity index (χ0v) is 18.3. The number of amides is 1. The van der Waals surface area contributed by atoms with Crippen molar-refractivity contribution in [3.8, 4) is 0 Å². The lowest BCUT2D eigenvalue weighted by molar-refractivity contribution is -0.112. The minimum absolute atomic E-state index is 0.0476. The fourth-order valence-corrected chi connectivity index (χ4v) is 6.02. The highest BCUT2D eigenvalue weighted by Gasteiger charge is 2.24. The number of sulfone groups is 1. The summed E-state index contributed by atoms with van der Waals surface area (Å²) in [7, 11) is -3.53. The number of fused-ring (bicyclic) bond motifs is 1. The third-order valence-electron chi connectivity index (χ3n) is 5.08. The molecule has 1 heterocycles. The van der Waals surface area contributed by atoms with Gasteiger partial charge in [-0.2, -0.15) is 0 Å². The third kappa shape index (κ3) is 4.20. The number of anilines is 1. The molecule has 3 aromatic carbocycles. The van der Waals surface area contributed by atoms with Crippen molar-refractivity contribution in [3.05, 3.63) is 93.9 Å². The van der Waals surface area contributed by atoms with Crippen LogP contribution in [0.1, 0.15) is 22.3 Å². The van der Waals surface area contributed by atoms with Gasteiger partial charge >= 0.3 is 0 Å². The Bertz CT molecular complexity index is 1240. The monoisotopic (exact) mass is 435 g/mol. The van der Waals surface area contributed by atoms with E-state index in [1.165, 1.54) is 11.8 Å². The van der Waals surface area contributed by atoms with E-state index in [1.807, 2.05) is 62.4 Å². The van der Waals surface area contributed by atoms with Crippen LogP contribution in [-0.2, 0) is 20.4 Å². The Morgan fingerprint density at radius 1 is 0.933 bits per heavy atom. The van der Waals surface area contributed by atoms with Gasteiger partial charge in [-0.05, 0) is 60.4 Å². The molecule has 4 nitrogen and oxygen atoms in total. The molecule has 0 aliphatic carbocycles. The summed E-state index contributed by atoms with van der Waals surface area (Å²) in [6, 6.07) is 20.2. The van der Waals surface area contributed by atoms with Crippen LogP contribution in [0.25, 0.3) is 6.08 Å². The Hall–Kier alpha value is -2.83. The Labute approximate surface area is 180 Å². The Balaban J connectivity index is 1.66. The molecule has 3 aromatic rings. The number of carbonyl (C=O) groups excluding carboxylic acids is 1. The molecule has 30 heavy (non-hydrogen) atoms. The fourth-order valence-electron chi connectivity index (χ4n) is 3.38. The standard InChI is InChI=1S/C24H21NO3S2/c1-16-7-6-8-17(2)20(16)15-30(27,28)19-11-12-21-22(14-19)29-23(24(26)25-21)13-18-9-4-3-5-10-18/h3-14H,15H2,1-2H3,(H,25,26). The normalized spacial score (nSPS) is 15.0. The van der Waals surface area contributed by atoms with E-state index in [0.717, 1.165) is 27.1 Å². The van der Waals surface area contributed by atoms with Gasteiger partial charge in [-0.15, -0.1) is 0 Å². The summed E-state index contributed by atoms with van der Waals surface area (Å²) < 4.78 is 26.2. The molecule has 0 saturated carbocycles. The van der Waals surface area contributed by atoms with Crippen molar-refractivity contribution in [2.45, 2.75) is 29.4 Å². The van der Waals surface area contributed by atoms with Gasteiger partial charge in [0.15, 0.2) is 9.84 Å². The topological polar surface area (TPSA) is 63.2 Å². The summed E-state index contributed by atoms with van der Waals surface area (Å²) in [6.45, 7) is 3.85. The van der Waals surface area contributed by atoms with Gasteiger partial charge in [0.05, 0.1) is 21.2 Å². The number of hydrogen-bond donors (Lipinski definition) is 1. The van der Waals surface area contributed by atoms with E-state index in [9.17, 15) is 13.2 Å². The quantitative estimate of drug-likeness (QED) is 0.560. The number of rotatable bonds is 4. The maximum absolute atomic E-state index is 13.1. The molecule has 0 unspecified atom stereocenters. The zero-order valence-electron chi connectivity index (χ0n) is 16.7. The van der Waals surface area contributed by atoms with Crippen molar-refractivity contribution in [2.75, 3.05) is 5.32 Å². The predicted molar refractivity (Wildman–Crippen MR) is 122 cm³/mol. The second-order valence-electron chi connectivity index (χ2n) is 7.26. The van der Waals surface area contributed by atoms with Crippen LogP contribution in [0.4, 0.5) is 5.69 Å². The molecule has 0 atom stereocenters. The van der Waals surface area contributed by atoms with Crippen LogP contribution in [0, 0.1) is 13.8 Å².